The molecular weight excluding hydrogens is 258 g/mol. The smallest absolute Gasteiger partial charge is 0.236 e. The number of carbonyl (C=O) groups is 2. The van der Waals surface area contributed by atoms with Crippen LogP contribution in [0.2, 0.25) is 0 Å². The number of carbonyl (C=O) groups excluding carboxylic acids is 2. The Morgan fingerprint density at radius 2 is 2.15 bits per heavy atom. The van der Waals surface area contributed by atoms with Crippen molar-refractivity contribution in [1.82, 2.24) is 15.5 Å². The van der Waals surface area contributed by atoms with Gasteiger partial charge >= 0.3 is 0 Å². The van der Waals surface area contributed by atoms with Gasteiger partial charge in [0.1, 0.15) is 0 Å². The summed E-state index contributed by atoms with van der Waals surface area (Å²) in [6.45, 7) is 4.87. The zero-order chi connectivity index (χ0) is 14.4. The molecule has 0 bridgehead atoms. The number of nitrogens with one attached hydrogen (secondary N) is 2. The fraction of sp³-hybridized carbons (Fsp3) is 0.857. The molecule has 2 fully saturated rings. The SMILES string of the molecule is CC(=O)N[C@H]1CCCN(C(=O)CNC[C@H]2CCCO2)C1. The maximum absolute atomic E-state index is 12.1. The molecule has 0 aromatic rings. The van der Waals surface area contributed by atoms with E-state index in [2.05, 4.69) is 10.6 Å². The summed E-state index contributed by atoms with van der Waals surface area (Å²) < 4.78 is 5.51. The highest BCUT2D eigenvalue weighted by Gasteiger charge is 2.24. The molecule has 0 aromatic carbocycles. The van der Waals surface area contributed by atoms with E-state index in [0.717, 1.165) is 45.4 Å². The van der Waals surface area contributed by atoms with Crippen LogP contribution >= 0.6 is 0 Å². The summed E-state index contributed by atoms with van der Waals surface area (Å²) >= 11 is 0. The highest BCUT2D eigenvalue weighted by atomic mass is 16.5. The van der Waals surface area contributed by atoms with Crippen molar-refractivity contribution in [2.45, 2.75) is 44.8 Å². The normalized spacial score (nSPS) is 26.6. The molecule has 6 nitrogen and oxygen atoms in total. The van der Waals surface area contributed by atoms with Gasteiger partial charge in [0.05, 0.1) is 12.6 Å². The first-order chi connectivity index (χ1) is 9.65. The Bertz CT molecular complexity index is 343. The topological polar surface area (TPSA) is 70.7 Å². The van der Waals surface area contributed by atoms with Gasteiger partial charge in [-0.05, 0) is 25.7 Å². The molecule has 2 aliphatic heterocycles. The van der Waals surface area contributed by atoms with Crippen LogP contribution in [0.15, 0.2) is 0 Å². The number of hydrogen-bond acceptors (Lipinski definition) is 4. The lowest BCUT2D eigenvalue weighted by Gasteiger charge is -2.33. The molecule has 0 aliphatic carbocycles. The maximum atomic E-state index is 12.1. The summed E-state index contributed by atoms with van der Waals surface area (Å²) in [5, 5.41) is 6.07. The molecule has 2 rings (SSSR count). The van der Waals surface area contributed by atoms with Crippen molar-refractivity contribution >= 4 is 11.8 Å². The minimum absolute atomic E-state index is 0.0270. The zero-order valence-corrected chi connectivity index (χ0v) is 12.2. The van der Waals surface area contributed by atoms with E-state index in [1.807, 2.05) is 4.90 Å². The lowest BCUT2D eigenvalue weighted by Crippen LogP contribution is -2.51. The van der Waals surface area contributed by atoms with Crippen molar-refractivity contribution in [1.29, 1.82) is 0 Å². The minimum atomic E-state index is -0.0270. The molecule has 0 aromatic heterocycles. The third-order valence-corrected chi connectivity index (χ3v) is 3.85. The van der Waals surface area contributed by atoms with Crippen molar-refractivity contribution in [3.05, 3.63) is 0 Å². The van der Waals surface area contributed by atoms with E-state index in [1.54, 1.807) is 0 Å². The van der Waals surface area contributed by atoms with Crippen molar-refractivity contribution in [3.8, 4) is 0 Å². The van der Waals surface area contributed by atoms with E-state index in [0.29, 0.717) is 13.1 Å². The van der Waals surface area contributed by atoms with Gasteiger partial charge in [0.15, 0.2) is 0 Å². The predicted molar refractivity (Wildman–Crippen MR) is 75.3 cm³/mol. The van der Waals surface area contributed by atoms with Crippen LogP contribution in [0.25, 0.3) is 0 Å². The van der Waals surface area contributed by atoms with Crippen molar-refractivity contribution in [2.24, 2.45) is 0 Å². The number of piperidine rings is 1. The zero-order valence-electron chi connectivity index (χ0n) is 12.2. The Balaban J connectivity index is 1.67. The van der Waals surface area contributed by atoms with E-state index in [9.17, 15) is 9.59 Å². The van der Waals surface area contributed by atoms with Crippen LogP contribution < -0.4 is 10.6 Å². The first-order valence-corrected chi connectivity index (χ1v) is 7.52. The molecule has 2 amide bonds. The second-order valence-electron chi connectivity index (χ2n) is 5.65. The molecule has 2 atom stereocenters. The first-order valence-electron chi connectivity index (χ1n) is 7.52. The highest BCUT2D eigenvalue weighted by Crippen LogP contribution is 2.11. The Kier molecular flexibility index (Phi) is 5.79. The average molecular weight is 283 g/mol. The van der Waals surface area contributed by atoms with E-state index in [4.69, 9.17) is 4.74 Å². The van der Waals surface area contributed by atoms with Gasteiger partial charge in [0, 0.05) is 39.2 Å². The van der Waals surface area contributed by atoms with Gasteiger partial charge in [-0.15, -0.1) is 0 Å². The molecule has 0 saturated carbocycles. The second-order valence-corrected chi connectivity index (χ2v) is 5.65. The largest absolute Gasteiger partial charge is 0.377 e. The monoisotopic (exact) mass is 283 g/mol. The van der Waals surface area contributed by atoms with Crippen LogP contribution in [0.3, 0.4) is 0 Å². The molecule has 0 spiro atoms. The van der Waals surface area contributed by atoms with Gasteiger partial charge in [-0.1, -0.05) is 0 Å². The van der Waals surface area contributed by atoms with E-state index >= 15 is 0 Å². The number of hydrogen-bond donors (Lipinski definition) is 2. The number of ether oxygens (including phenoxy) is 1. The van der Waals surface area contributed by atoms with Gasteiger partial charge in [-0.3, -0.25) is 9.59 Å². The van der Waals surface area contributed by atoms with Gasteiger partial charge in [0.25, 0.3) is 0 Å². The molecule has 2 heterocycles. The van der Waals surface area contributed by atoms with Crippen LogP contribution in [-0.4, -0.2) is 61.6 Å². The molecule has 2 aliphatic rings. The lowest BCUT2D eigenvalue weighted by molar-refractivity contribution is -0.132. The summed E-state index contributed by atoms with van der Waals surface area (Å²) in [5.41, 5.74) is 0. The highest BCUT2D eigenvalue weighted by molar-refractivity contribution is 5.78. The summed E-state index contributed by atoms with van der Waals surface area (Å²) in [6, 6.07) is 0.100. The van der Waals surface area contributed by atoms with E-state index < -0.39 is 0 Å². The molecule has 0 radical (unpaired) electrons. The molecule has 114 valence electrons. The molecule has 2 saturated heterocycles. The van der Waals surface area contributed by atoms with Crippen LogP contribution in [0.1, 0.15) is 32.6 Å². The Labute approximate surface area is 120 Å². The van der Waals surface area contributed by atoms with Gasteiger partial charge in [-0.25, -0.2) is 0 Å². The Morgan fingerprint density at radius 3 is 2.85 bits per heavy atom. The van der Waals surface area contributed by atoms with Crippen molar-refractivity contribution < 1.29 is 14.3 Å². The first kappa shape index (κ1) is 15.3. The number of likely N-dealkylation sites (tertiary alicyclic amines) is 1. The van der Waals surface area contributed by atoms with Crippen LogP contribution in [0.4, 0.5) is 0 Å². The maximum Gasteiger partial charge on any atom is 0.236 e. The minimum Gasteiger partial charge on any atom is -0.377 e. The molecule has 0 unspecified atom stereocenters. The third kappa shape index (κ3) is 4.76. The van der Waals surface area contributed by atoms with Gasteiger partial charge in [-0.2, -0.15) is 0 Å². The fourth-order valence-electron chi connectivity index (χ4n) is 2.87. The Morgan fingerprint density at radius 1 is 1.30 bits per heavy atom. The quantitative estimate of drug-likeness (QED) is 0.738. The average Bonchev–Trinajstić information content (AvgIpc) is 2.91. The van der Waals surface area contributed by atoms with Crippen molar-refractivity contribution in [2.75, 3.05) is 32.8 Å². The number of amides is 2. The summed E-state index contributed by atoms with van der Waals surface area (Å²) in [7, 11) is 0. The Hall–Kier alpha value is -1.14. The van der Waals surface area contributed by atoms with E-state index in [-0.39, 0.29) is 24.0 Å². The molecule has 6 heteroatoms. The molecule has 20 heavy (non-hydrogen) atoms. The van der Waals surface area contributed by atoms with Crippen LogP contribution in [0.5, 0.6) is 0 Å². The third-order valence-electron chi connectivity index (χ3n) is 3.85. The van der Waals surface area contributed by atoms with Gasteiger partial charge in [0.2, 0.25) is 11.8 Å². The van der Waals surface area contributed by atoms with Crippen LogP contribution in [-0.2, 0) is 14.3 Å². The predicted octanol–water partition coefficient (Wildman–Crippen LogP) is -0.118. The fourth-order valence-corrected chi connectivity index (χ4v) is 2.87. The summed E-state index contributed by atoms with van der Waals surface area (Å²) in [5.74, 6) is 0.0823. The number of rotatable bonds is 5. The van der Waals surface area contributed by atoms with Crippen molar-refractivity contribution in [3.63, 3.8) is 0 Å². The molecule has 2 N–H and O–H groups in total. The second kappa shape index (κ2) is 7.59. The standard InChI is InChI=1S/C14H25N3O3/c1-11(18)16-12-4-2-6-17(10-12)14(19)9-15-8-13-5-3-7-20-13/h12-13,15H,2-10H2,1H3,(H,16,18)/t12-,13+/m0/s1. The lowest BCUT2D eigenvalue weighted by atomic mass is 10.1. The van der Waals surface area contributed by atoms with E-state index in [1.165, 1.54) is 6.92 Å². The van der Waals surface area contributed by atoms with Crippen LogP contribution in [0, 0.1) is 0 Å². The van der Waals surface area contributed by atoms with Gasteiger partial charge < -0.3 is 20.3 Å². The summed E-state index contributed by atoms with van der Waals surface area (Å²) in [6.07, 6.45) is 4.35. The number of nitrogens with zero attached hydrogens (tertiary/aromatic N) is 1. The summed E-state index contributed by atoms with van der Waals surface area (Å²) in [4.78, 5) is 25.0. The molecular formula is C14H25N3O3.